The Kier molecular flexibility index (Phi) is 68.1. The van der Waals surface area contributed by atoms with Gasteiger partial charge in [-0.05, 0) is 103 Å². The lowest BCUT2D eigenvalue weighted by Crippen LogP contribution is -2.30. The van der Waals surface area contributed by atoms with Gasteiger partial charge in [-0.3, -0.25) is 14.4 Å². The Morgan fingerprint density at radius 2 is 0.451 bits per heavy atom. The van der Waals surface area contributed by atoms with E-state index in [-0.39, 0.29) is 31.1 Å². The summed E-state index contributed by atoms with van der Waals surface area (Å²) < 4.78 is 17.0. The summed E-state index contributed by atoms with van der Waals surface area (Å²) in [5, 5.41) is 0. The molecule has 0 amide bonds. The molecule has 0 heterocycles. The zero-order valence-corrected chi connectivity index (χ0v) is 55.0. The number of hydrogen-bond donors (Lipinski definition) is 0. The molecule has 0 saturated heterocycles. The molecule has 0 N–H and O–H groups in total. The van der Waals surface area contributed by atoms with Crippen molar-refractivity contribution in [3.05, 3.63) is 60.8 Å². The van der Waals surface area contributed by atoms with Crippen molar-refractivity contribution >= 4 is 17.9 Å². The molecule has 0 bridgehead atoms. The van der Waals surface area contributed by atoms with Gasteiger partial charge < -0.3 is 14.2 Å². The average Bonchev–Trinajstić information content (AvgIpc) is 3.47. The largest absolute Gasteiger partial charge is 0.462 e. The number of esters is 3. The molecule has 1 unspecified atom stereocenters. The lowest BCUT2D eigenvalue weighted by Gasteiger charge is -2.18. The van der Waals surface area contributed by atoms with Gasteiger partial charge in [0.1, 0.15) is 13.2 Å². The minimum absolute atomic E-state index is 0.0759. The highest BCUT2D eigenvalue weighted by molar-refractivity contribution is 5.71. The van der Waals surface area contributed by atoms with Crippen LogP contribution in [0.25, 0.3) is 0 Å². The fraction of sp³-hybridized carbons (Fsp3) is 0.829. The number of unbranched alkanes of at least 4 members (excludes halogenated alkanes) is 46. The first-order chi connectivity index (χ1) is 40.5. The Morgan fingerprint density at radius 3 is 0.720 bits per heavy atom. The molecule has 478 valence electrons. The number of allylic oxidation sites excluding steroid dienone is 10. The smallest absolute Gasteiger partial charge is 0.306 e. The van der Waals surface area contributed by atoms with Crippen LogP contribution in [0.5, 0.6) is 0 Å². The molecule has 0 saturated carbocycles. The normalized spacial score (nSPS) is 12.4. The molecule has 0 spiro atoms. The first-order valence-corrected chi connectivity index (χ1v) is 36.3. The van der Waals surface area contributed by atoms with E-state index in [1.165, 1.54) is 263 Å². The van der Waals surface area contributed by atoms with Crippen LogP contribution in [-0.4, -0.2) is 37.2 Å². The van der Waals surface area contributed by atoms with Gasteiger partial charge in [0, 0.05) is 19.3 Å². The molecule has 6 nitrogen and oxygen atoms in total. The zero-order chi connectivity index (χ0) is 59.2. The lowest BCUT2D eigenvalue weighted by atomic mass is 10.0. The second-order valence-electron chi connectivity index (χ2n) is 24.5. The maximum Gasteiger partial charge on any atom is 0.306 e. The van der Waals surface area contributed by atoms with Crippen LogP contribution in [0.1, 0.15) is 387 Å². The number of rotatable bonds is 67. The summed E-state index contributed by atoms with van der Waals surface area (Å²) >= 11 is 0. The van der Waals surface area contributed by atoms with E-state index < -0.39 is 6.10 Å². The molecule has 82 heavy (non-hydrogen) atoms. The van der Waals surface area contributed by atoms with Gasteiger partial charge in [-0.1, -0.05) is 326 Å². The third kappa shape index (κ3) is 67.9. The minimum atomic E-state index is -0.781. The van der Waals surface area contributed by atoms with E-state index in [0.29, 0.717) is 19.3 Å². The highest BCUT2D eigenvalue weighted by Crippen LogP contribution is 2.18. The molecule has 0 rings (SSSR count). The van der Waals surface area contributed by atoms with Gasteiger partial charge in [-0.2, -0.15) is 0 Å². The fourth-order valence-electron chi connectivity index (χ4n) is 10.7. The van der Waals surface area contributed by atoms with Crippen molar-refractivity contribution in [2.75, 3.05) is 13.2 Å². The van der Waals surface area contributed by atoms with Gasteiger partial charge in [0.25, 0.3) is 0 Å². The van der Waals surface area contributed by atoms with Crippen molar-refractivity contribution in [1.29, 1.82) is 0 Å². The first-order valence-electron chi connectivity index (χ1n) is 36.3. The summed E-state index contributed by atoms with van der Waals surface area (Å²) in [6.07, 6.45) is 91.1. The maximum atomic E-state index is 13.0. The molecule has 6 heteroatoms. The van der Waals surface area contributed by atoms with Crippen LogP contribution in [0.4, 0.5) is 0 Å². The highest BCUT2D eigenvalue weighted by atomic mass is 16.6. The molecule has 1 atom stereocenters. The van der Waals surface area contributed by atoms with Gasteiger partial charge in [-0.15, -0.1) is 0 Å². The summed E-state index contributed by atoms with van der Waals surface area (Å²) in [6, 6.07) is 0. The van der Waals surface area contributed by atoms with Gasteiger partial charge >= 0.3 is 17.9 Å². The van der Waals surface area contributed by atoms with E-state index in [2.05, 4.69) is 81.5 Å². The van der Waals surface area contributed by atoms with Crippen LogP contribution in [0, 0.1) is 0 Å². The molecule has 0 fully saturated rings. The van der Waals surface area contributed by atoms with E-state index in [9.17, 15) is 14.4 Å². The summed E-state index contributed by atoms with van der Waals surface area (Å²) in [6.45, 7) is 6.64. The maximum absolute atomic E-state index is 13.0. The molecule has 0 aromatic heterocycles. The van der Waals surface area contributed by atoms with Crippen LogP contribution in [0.2, 0.25) is 0 Å². The van der Waals surface area contributed by atoms with E-state index in [0.717, 1.165) is 83.5 Å². The standard InChI is InChI=1S/C76H138O6/c1-4-7-10-13-16-19-22-25-28-30-32-34-36-37-38-39-41-42-44-46-48-51-54-57-60-63-66-69-75(78)81-72-73(71-80-74(77)68-65-62-59-56-53-50-27-24-21-18-15-12-9-6-3)82-76(79)70-67-64-61-58-55-52-49-47-45-43-40-35-33-31-29-26-23-20-17-14-11-8-5-2/h15,18,22,24-25,27,30-33,73H,4-14,16-17,19-21,23,26,28-29,34-72H2,1-3H3/b18-15-,25-22-,27-24-,32-30-,33-31-. The van der Waals surface area contributed by atoms with Gasteiger partial charge in [-0.25, -0.2) is 0 Å². The molecule has 0 aromatic carbocycles. The second kappa shape index (κ2) is 70.6. The van der Waals surface area contributed by atoms with Crippen molar-refractivity contribution in [3.63, 3.8) is 0 Å². The van der Waals surface area contributed by atoms with Crippen molar-refractivity contribution in [2.45, 2.75) is 393 Å². The molecule has 0 aliphatic carbocycles. The van der Waals surface area contributed by atoms with E-state index in [4.69, 9.17) is 14.2 Å². The Hall–Kier alpha value is -2.89. The van der Waals surface area contributed by atoms with Crippen molar-refractivity contribution in [1.82, 2.24) is 0 Å². The minimum Gasteiger partial charge on any atom is -0.462 e. The van der Waals surface area contributed by atoms with Crippen LogP contribution in [0.3, 0.4) is 0 Å². The number of carbonyl (C=O) groups excluding carboxylic acids is 3. The molecule has 0 aliphatic heterocycles. The SMILES string of the molecule is CCCC/C=C\C/C=C\CCCCCCCC(=O)OCC(COC(=O)CCCCCCCCCCCCCCCCC/C=C\C/C=C\CCCCCCC)OC(=O)CCCCCCCCCCCCC/C=C\CCCCCCCCCC. The van der Waals surface area contributed by atoms with Crippen molar-refractivity contribution in [2.24, 2.45) is 0 Å². The Labute approximate surface area is 510 Å². The topological polar surface area (TPSA) is 78.9 Å². The summed E-state index contributed by atoms with van der Waals surface area (Å²) in [4.78, 5) is 38.5. The quantitative estimate of drug-likeness (QED) is 0.0261. The van der Waals surface area contributed by atoms with Crippen LogP contribution in [0.15, 0.2) is 60.8 Å². The van der Waals surface area contributed by atoms with E-state index in [1.807, 2.05) is 0 Å². The highest BCUT2D eigenvalue weighted by Gasteiger charge is 2.19. The Balaban J connectivity index is 4.26. The third-order valence-corrected chi connectivity index (χ3v) is 16.2. The Bertz CT molecular complexity index is 1460. The second-order valence-corrected chi connectivity index (χ2v) is 24.5. The molecular formula is C76H138O6. The summed E-state index contributed by atoms with van der Waals surface area (Å²) in [5.74, 6) is -0.868. The molecule has 0 radical (unpaired) electrons. The van der Waals surface area contributed by atoms with Gasteiger partial charge in [0.2, 0.25) is 0 Å². The predicted octanol–water partition coefficient (Wildman–Crippen LogP) is 25.1. The van der Waals surface area contributed by atoms with Crippen LogP contribution < -0.4 is 0 Å². The number of hydrogen-bond acceptors (Lipinski definition) is 6. The molecular weight excluding hydrogens is 1010 g/mol. The zero-order valence-electron chi connectivity index (χ0n) is 55.0. The third-order valence-electron chi connectivity index (χ3n) is 16.2. The van der Waals surface area contributed by atoms with Gasteiger partial charge in [0.05, 0.1) is 0 Å². The van der Waals surface area contributed by atoms with E-state index in [1.54, 1.807) is 0 Å². The summed E-state index contributed by atoms with van der Waals surface area (Å²) in [5.41, 5.74) is 0. The number of carbonyl (C=O) groups is 3. The van der Waals surface area contributed by atoms with Crippen LogP contribution in [-0.2, 0) is 28.6 Å². The molecule has 0 aliphatic rings. The monoisotopic (exact) mass is 1150 g/mol. The van der Waals surface area contributed by atoms with E-state index >= 15 is 0 Å². The molecule has 0 aromatic rings. The first kappa shape index (κ1) is 79.1. The lowest BCUT2D eigenvalue weighted by molar-refractivity contribution is -0.167. The Morgan fingerprint density at radius 1 is 0.244 bits per heavy atom. The average molecular weight is 1150 g/mol. The van der Waals surface area contributed by atoms with Crippen molar-refractivity contribution in [3.8, 4) is 0 Å². The van der Waals surface area contributed by atoms with Crippen LogP contribution >= 0.6 is 0 Å². The fourth-order valence-corrected chi connectivity index (χ4v) is 10.7. The number of ether oxygens (including phenoxy) is 3. The summed E-state index contributed by atoms with van der Waals surface area (Å²) in [7, 11) is 0. The predicted molar refractivity (Wildman–Crippen MR) is 358 cm³/mol. The van der Waals surface area contributed by atoms with Gasteiger partial charge in [0.15, 0.2) is 6.10 Å². The van der Waals surface area contributed by atoms with Crippen molar-refractivity contribution < 1.29 is 28.6 Å².